The molecule has 0 bridgehead atoms. The van der Waals surface area contributed by atoms with E-state index in [0.29, 0.717) is 37.3 Å². The number of likely N-dealkylation sites (tertiary alicyclic amines) is 1. The van der Waals surface area contributed by atoms with Gasteiger partial charge in [-0.1, -0.05) is 35.5 Å². The van der Waals surface area contributed by atoms with Gasteiger partial charge in [0.1, 0.15) is 0 Å². The molecule has 27 heavy (non-hydrogen) atoms. The van der Waals surface area contributed by atoms with Crippen molar-refractivity contribution in [3.8, 4) is 0 Å². The summed E-state index contributed by atoms with van der Waals surface area (Å²) in [6.07, 6.45) is 3.26. The van der Waals surface area contributed by atoms with Crippen LogP contribution < -0.4 is 0 Å². The summed E-state index contributed by atoms with van der Waals surface area (Å²) in [4.78, 5) is 6.66. The molecule has 146 valence electrons. The van der Waals surface area contributed by atoms with Gasteiger partial charge in [-0.2, -0.15) is 4.98 Å². The lowest BCUT2D eigenvalue weighted by molar-refractivity contribution is 0.220. The van der Waals surface area contributed by atoms with Crippen LogP contribution in [0.25, 0.3) is 0 Å². The number of hydrogen-bond donors (Lipinski definition) is 0. The molecule has 1 aromatic heterocycles. The van der Waals surface area contributed by atoms with Crippen LogP contribution in [0, 0.1) is 18.3 Å². The molecule has 0 spiro atoms. The Bertz CT molecular complexity index is 899. The largest absolute Gasteiger partial charge is 0.340 e. The van der Waals surface area contributed by atoms with Gasteiger partial charge in [0.05, 0.1) is 12.8 Å². The first kappa shape index (κ1) is 18.6. The minimum absolute atomic E-state index is 0.0162. The monoisotopic (exact) mass is 390 g/mol. The number of fused-ring (bicyclic) bond motifs is 1. The van der Waals surface area contributed by atoms with E-state index in [1.165, 1.54) is 11.8 Å². The minimum atomic E-state index is -3.16. The summed E-state index contributed by atoms with van der Waals surface area (Å²) < 4.78 is 31.0. The van der Waals surface area contributed by atoms with Crippen LogP contribution in [0.1, 0.15) is 23.7 Å². The van der Waals surface area contributed by atoms with Crippen LogP contribution in [-0.2, 0) is 23.0 Å². The zero-order valence-corrected chi connectivity index (χ0v) is 16.7. The second-order valence-corrected chi connectivity index (χ2v) is 9.98. The third kappa shape index (κ3) is 3.93. The van der Waals surface area contributed by atoms with Gasteiger partial charge in [0, 0.05) is 38.5 Å². The normalized spacial score (nSPS) is 26.5. The average Bonchev–Trinajstić information content (AvgIpc) is 3.26. The lowest BCUT2D eigenvalue weighted by Crippen LogP contribution is -2.36. The second kappa shape index (κ2) is 7.00. The molecule has 0 amide bonds. The quantitative estimate of drug-likeness (QED) is 0.747. The highest BCUT2D eigenvalue weighted by atomic mass is 32.2. The van der Waals surface area contributed by atoms with E-state index in [-0.39, 0.29) is 5.41 Å². The predicted molar refractivity (Wildman–Crippen MR) is 101 cm³/mol. The Morgan fingerprint density at radius 2 is 2.00 bits per heavy atom. The number of nitrogens with zero attached hydrogens (tertiary/aromatic N) is 4. The van der Waals surface area contributed by atoms with Crippen molar-refractivity contribution in [2.45, 2.75) is 26.3 Å². The van der Waals surface area contributed by atoms with Gasteiger partial charge in [-0.25, -0.2) is 12.7 Å². The van der Waals surface area contributed by atoms with Gasteiger partial charge in [0.25, 0.3) is 0 Å². The Kier molecular flexibility index (Phi) is 4.82. The number of benzene rings is 1. The zero-order chi connectivity index (χ0) is 19.1. The van der Waals surface area contributed by atoms with E-state index >= 15 is 0 Å². The average molecular weight is 391 g/mol. The van der Waals surface area contributed by atoms with Crippen molar-refractivity contribution in [1.82, 2.24) is 19.3 Å². The Labute approximate surface area is 160 Å². The first-order valence-electron chi connectivity index (χ1n) is 9.35. The van der Waals surface area contributed by atoms with Gasteiger partial charge < -0.3 is 4.52 Å². The van der Waals surface area contributed by atoms with Gasteiger partial charge >= 0.3 is 0 Å². The van der Waals surface area contributed by atoms with Gasteiger partial charge in [0.15, 0.2) is 5.82 Å². The molecule has 4 rings (SSSR count). The summed E-state index contributed by atoms with van der Waals surface area (Å²) in [5, 5.41) is 4.01. The van der Waals surface area contributed by atoms with Crippen molar-refractivity contribution in [2.24, 2.45) is 11.3 Å². The molecule has 8 heteroatoms. The van der Waals surface area contributed by atoms with Gasteiger partial charge in [-0.15, -0.1) is 0 Å². The molecule has 3 heterocycles. The molecule has 2 aromatic rings. The highest BCUT2D eigenvalue weighted by Gasteiger charge is 2.53. The van der Waals surface area contributed by atoms with E-state index in [9.17, 15) is 8.42 Å². The second-order valence-electron chi connectivity index (χ2n) is 8.00. The third-order valence-corrected chi connectivity index (χ3v) is 7.17. The topological polar surface area (TPSA) is 79.5 Å². The number of hydrogen-bond acceptors (Lipinski definition) is 6. The summed E-state index contributed by atoms with van der Waals surface area (Å²) in [5.41, 5.74) is 1.29. The molecule has 2 fully saturated rings. The Morgan fingerprint density at radius 3 is 2.67 bits per heavy atom. The van der Waals surface area contributed by atoms with Crippen molar-refractivity contribution in [3.05, 3.63) is 47.6 Å². The summed E-state index contributed by atoms with van der Waals surface area (Å²) >= 11 is 0. The lowest BCUT2D eigenvalue weighted by Gasteiger charge is -2.29. The summed E-state index contributed by atoms with van der Waals surface area (Å²) in [7, 11) is -3.16. The Balaban J connectivity index is 1.51. The molecule has 0 radical (unpaired) electrons. The van der Waals surface area contributed by atoms with E-state index < -0.39 is 10.0 Å². The van der Waals surface area contributed by atoms with Crippen molar-refractivity contribution >= 4 is 10.0 Å². The van der Waals surface area contributed by atoms with Crippen LogP contribution >= 0.6 is 0 Å². The fraction of sp³-hybridized carbons (Fsp3) is 0.579. The van der Waals surface area contributed by atoms with Gasteiger partial charge in [0.2, 0.25) is 15.9 Å². The zero-order valence-electron chi connectivity index (χ0n) is 15.8. The standard InChI is InChI=1S/C19H26N4O3S/c1-15-20-18(21-26-15)12-22-10-17-11-23(27(2,24)25)14-19(17,13-22)9-8-16-6-4-3-5-7-16/h3-7,17H,8-14H2,1-2H3/t17-,19+/m0/s1. The smallest absolute Gasteiger partial charge is 0.223 e. The molecule has 0 unspecified atom stereocenters. The first-order chi connectivity index (χ1) is 12.8. The molecular weight excluding hydrogens is 364 g/mol. The van der Waals surface area contributed by atoms with Gasteiger partial charge in [-0.05, 0) is 24.3 Å². The van der Waals surface area contributed by atoms with Crippen LogP contribution in [0.2, 0.25) is 0 Å². The summed E-state index contributed by atoms with van der Waals surface area (Å²) in [5.74, 6) is 1.61. The van der Waals surface area contributed by atoms with Crippen LogP contribution in [0.15, 0.2) is 34.9 Å². The molecular formula is C19H26N4O3S. The maximum atomic E-state index is 12.1. The number of aromatic nitrogens is 2. The van der Waals surface area contributed by atoms with Crippen LogP contribution in [0.5, 0.6) is 0 Å². The third-order valence-electron chi connectivity index (χ3n) is 5.96. The lowest BCUT2D eigenvalue weighted by atomic mass is 9.76. The fourth-order valence-corrected chi connectivity index (χ4v) is 5.56. The molecule has 1 aromatic carbocycles. The predicted octanol–water partition coefficient (Wildman–Crippen LogP) is 1.70. The Hall–Kier alpha value is -1.77. The van der Waals surface area contributed by atoms with Crippen molar-refractivity contribution < 1.29 is 12.9 Å². The van der Waals surface area contributed by atoms with Gasteiger partial charge in [-0.3, -0.25) is 4.90 Å². The fourth-order valence-electron chi connectivity index (χ4n) is 4.62. The molecule has 2 aliphatic rings. The molecule has 2 atom stereocenters. The van der Waals surface area contributed by atoms with E-state index in [4.69, 9.17) is 4.52 Å². The molecule has 0 N–H and O–H groups in total. The number of sulfonamides is 1. The van der Waals surface area contributed by atoms with Crippen molar-refractivity contribution in [1.29, 1.82) is 0 Å². The molecule has 0 saturated carbocycles. The summed E-state index contributed by atoms with van der Waals surface area (Å²) in [6.45, 7) is 5.39. The highest BCUT2D eigenvalue weighted by molar-refractivity contribution is 7.88. The van der Waals surface area contributed by atoms with E-state index in [0.717, 1.165) is 25.9 Å². The molecule has 2 aliphatic heterocycles. The van der Waals surface area contributed by atoms with E-state index in [1.807, 2.05) is 6.07 Å². The molecule has 7 nitrogen and oxygen atoms in total. The maximum Gasteiger partial charge on any atom is 0.223 e. The maximum absolute atomic E-state index is 12.1. The minimum Gasteiger partial charge on any atom is -0.340 e. The molecule has 0 aliphatic carbocycles. The number of aryl methyl sites for hydroxylation is 2. The van der Waals surface area contributed by atoms with Crippen molar-refractivity contribution in [2.75, 3.05) is 32.4 Å². The van der Waals surface area contributed by atoms with E-state index in [1.54, 1.807) is 11.2 Å². The van der Waals surface area contributed by atoms with Crippen molar-refractivity contribution in [3.63, 3.8) is 0 Å². The summed E-state index contributed by atoms with van der Waals surface area (Å²) in [6, 6.07) is 10.4. The van der Waals surface area contributed by atoms with Crippen LogP contribution in [-0.4, -0.2) is 60.2 Å². The van der Waals surface area contributed by atoms with Crippen LogP contribution in [0.4, 0.5) is 0 Å². The first-order valence-corrected chi connectivity index (χ1v) is 11.2. The molecule has 2 saturated heterocycles. The highest BCUT2D eigenvalue weighted by Crippen LogP contribution is 2.46. The Morgan fingerprint density at radius 1 is 1.22 bits per heavy atom. The van der Waals surface area contributed by atoms with E-state index in [2.05, 4.69) is 39.3 Å². The number of rotatable bonds is 6. The van der Waals surface area contributed by atoms with Crippen LogP contribution in [0.3, 0.4) is 0 Å². The SMILES string of the molecule is Cc1nc(CN2C[C@H]3CN(S(C)(=O)=O)C[C@@]3(CCc3ccccc3)C2)no1.